The van der Waals surface area contributed by atoms with Crippen molar-refractivity contribution in [3.05, 3.63) is 140 Å². The molecule has 6 N–H and O–H groups in total. The number of fused-ring (bicyclic) bond motifs is 4. The number of nitrogens with zero attached hydrogens (tertiary/aromatic N) is 6. The van der Waals surface area contributed by atoms with Gasteiger partial charge in [0.2, 0.25) is 0 Å². The van der Waals surface area contributed by atoms with Crippen LogP contribution in [-0.4, -0.2) is 76.4 Å². The molecule has 2 atom stereocenters. The van der Waals surface area contributed by atoms with Crippen LogP contribution in [0.25, 0.3) is 0 Å². The lowest BCUT2D eigenvalue weighted by atomic mass is 9.86. The molecule has 66 heavy (non-hydrogen) atoms. The van der Waals surface area contributed by atoms with Gasteiger partial charge in [-0.3, -0.25) is 9.59 Å². The molecule has 0 saturated heterocycles. The largest absolute Gasteiger partial charge is 0.445 e. The van der Waals surface area contributed by atoms with Gasteiger partial charge in [-0.25, -0.2) is 14.3 Å². The molecule has 0 radical (unpaired) electrons. The molecule has 2 aliphatic carbocycles. The Kier molecular flexibility index (Phi) is 12.8. The molecule has 0 fully saturated rings. The van der Waals surface area contributed by atoms with Crippen LogP contribution in [0.2, 0.25) is 0 Å². The number of nitrogens with two attached hydrogens (primary N) is 2. The molecule has 2 amide bonds. The van der Waals surface area contributed by atoms with E-state index in [1.54, 1.807) is 9.80 Å². The van der Waals surface area contributed by atoms with Gasteiger partial charge in [-0.1, -0.05) is 74.5 Å². The van der Waals surface area contributed by atoms with Crippen LogP contribution in [-0.2, 0) is 74.3 Å². The fraction of sp³-hybridized carbons (Fsp3) is 0.400. The maximum absolute atomic E-state index is 13.5. The van der Waals surface area contributed by atoms with Crippen LogP contribution < -0.4 is 11.5 Å². The van der Waals surface area contributed by atoms with E-state index in [1.807, 2.05) is 60.7 Å². The van der Waals surface area contributed by atoms with Crippen molar-refractivity contribution in [1.82, 2.24) is 39.3 Å². The Morgan fingerprint density at radius 1 is 0.652 bits per heavy atom. The van der Waals surface area contributed by atoms with Crippen molar-refractivity contribution < 1.29 is 28.7 Å². The summed E-state index contributed by atoms with van der Waals surface area (Å²) in [5, 5.41) is 8.98. The monoisotopic (exact) mass is 894 g/mol. The second kappa shape index (κ2) is 19.2. The smallest absolute Gasteiger partial charge is 0.410 e. The maximum Gasteiger partial charge on any atom is 0.410 e. The zero-order valence-electron chi connectivity index (χ0n) is 37.7. The van der Waals surface area contributed by atoms with Crippen molar-refractivity contribution in [3.8, 4) is 0 Å². The minimum atomic E-state index is -0.390. The van der Waals surface area contributed by atoms with Crippen LogP contribution in [0.15, 0.2) is 72.8 Å². The van der Waals surface area contributed by atoms with E-state index in [2.05, 4.69) is 46.1 Å². The first-order valence-electron chi connectivity index (χ1n) is 23.2. The highest BCUT2D eigenvalue weighted by atomic mass is 16.6. The Balaban J connectivity index is 0.000000166. The molecular weight excluding hydrogens is 837 g/mol. The minimum Gasteiger partial charge on any atom is -0.445 e. The average molecular weight is 895 g/mol. The van der Waals surface area contributed by atoms with Gasteiger partial charge in [0.15, 0.2) is 5.82 Å². The Morgan fingerprint density at radius 3 is 1.68 bits per heavy atom. The predicted molar refractivity (Wildman–Crippen MR) is 248 cm³/mol. The molecule has 2 aromatic carbocycles. The molecule has 2 aliphatic heterocycles. The summed E-state index contributed by atoms with van der Waals surface area (Å²) in [5.74, 6) is 0.0315. The maximum atomic E-state index is 13.5. The standard InChI is InChI=1S/2C25H29N5O3/c1-2-17-13-19-18(9-6-10-21(19)27-17)24(31)30-22-11-12-29(14-20(22)23(26)28-30)25(32)33-15-16-7-4-3-5-8-16;1-2-17-13-19-18(9-6-10-21(19)27-17)24(31)30-23(26)20-14-29(12-11-22(20)28-30)25(32)33-15-16-7-4-3-5-8-16/h3-5,7-8,13,18,27H,2,6,9-12,14-15H2,1H3,(H2,26,28);3-5,7-8,13,18,27H,2,6,9-12,14-15,26H2,1H3. The van der Waals surface area contributed by atoms with Crippen LogP contribution in [0, 0.1) is 0 Å². The highest BCUT2D eigenvalue weighted by molar-refractivity contribution is 5.89. The third kappa shape index (κ3) is 8.96. The van der Waals surface area contributed by atoms with Gasteiger partial charge in [-0.15, -0.1) is 5.10 Å². The van der Waals surface area contributed by atoms with Crippen LogP contribution in [0.5, 0.6) is 0 Å². The average Bonchev–Trinajstić information content (AvgIpc) is 4.15. The van der Waals surface area contributed by atoms with E-state index in [4.69, 9.17) is 20.9 Å². The summed E-state index contributed by atoms with van der Waals surface area (Å²) in [4.78, 5) is 62.4. The van der Waals surface area contributed by atoms with Crippen molar-refractivity contribution in [1.29, 1.82) is 0 Å². The van der Waals surface area contributed by atoms with Crippen molar-refractivity contribution in [2.24, 2.45) is 0 Å². The van der Waals surface area contributed by atoms with E-state index >= 15 is 0 Å². The van der Waals surface area contributed by atoms with Crippen LogP contribution in [0.3, 0.4) is 0 Å². The van der Waals surface area contributed by atoms with E-state index in [0.29, 0.717) is 50.7 Å². The fourth-order valence-corrected chi connectivity index (χ4v) is 9.78. The van der Waals surface area contributed by atoms with Gasteiger partial charge in [0.1, 0.15) is 19.0 Å². The lowest BCUT2D eigenvalue weighted by molar-refractivity contribution is 0.0834. The summed E-state index contributed by atoms with van der Waals surface area (Å²) < 4.78 is 13.8. The van der Waals surface area contributed by atoms with Gasteiger partial charge in [0.05, 0.1) is 36.3 Å². The number of rotatable bonds is 8. The number of amides is 2. The number of nitrogen functional groups attached to an aromatic ring is 2. The molecule has 6 heterocycles. The van der Waals surface area contributed by atoms with Crippen molar-refractivity contribution >= 4 is 35.6 Å². The number of aryl methyl sites for hydroxylation is 4. The van der Waals surface area contributed by atoms with E-state index < -0.39 is 0 Å². The second-order valence-electron chi connectivity index (χ2n) is 17.6. The molecule has 344 valence electrons. The van der Waals surface area contributed by atoms with Gasteiger partial charge in [-0.05, 0) is 85.8 Å². The number of anilines is 2. The zero-order chi connectivity index (χ0) is 45.9. The summed E-state index contributed by atoms with van der Waals surface area (Å²) >= 11 is 0. The highest BCUT2D eigenvalue weighted by Gasteiger charge is 2.36. The normalized spacial score (nSPS) is 17.4. The first kappa shape index (κ1) is 44.1. The summed E-state index contributed by atoms with van der Waals surface area (Å²) in [6, 6.07) is 23.4. The van der Waals surface area contributed by atoms with Crippen LogP contribution in [0.1, 0.15) is 128 Å². The van der Waals surface area contributed by atoms with Gasteiger partial charge in [0.25, 0.3) is 11.8 Å². The van der Waals surface area contributed by atoms with E-state index in [9.17, 15) is 19.2 Å². The van der Waals surface area contributed by atoms with Crippen LogP contribution >= 0.6 is 0 Å². The number of hydrogen-bond donors (Lipinski definition) is 4. The number of aromatic nitrogens is 6. The number of benzene rings is 2. The molecule has 0 saturated carbocycles. The SMILES string of the molecule is CCc1cc2c([nH]1)CCCC2C(=O)n1nc(N)c2c1CCN(C(=O)OCc1ccccc1)C2.CCc1cc2c([nH]1)CCCC2C(=O)n1nc2c(c1N)CN(C(=O)OCc1ccccc1)CC2. The summed E-state index contributed by atoms with van der Waals surface area (Å²) in [6.45, 7) is 6.17. The second-order valence-corrected chi connectivity index (χ2v) is 17.6. The number of nitrogens with one attached hydrogen (secondary N) is 2. The Bertz CT molecular complexity index is 2680. The molecule has 16 nitrogen and oxygen atoms in total. The Labute approximate surface area is 383 Å². The molecule has 0 spiro atoms. The Morgan fingerprint density at radius 2 is 1.15 bits per heavy atom. The summed E-state index contributed by atoms with van der Waals surface area (Å²) in [5.41, 5.74) is 24.3. The number of hydrogen-bond acceptors (Lipinski definition) is 10. The highest BCUT2D eigenvalue weighted by Crippen LogP contribution is 2.37. The van der Waals surface area contributed by atoms with Gasteiger partial charge < -0.3 is 40.7 Å². The summed E-state index contributed by atoms with van der Waals surface area (Å²) in [6.07, 6.45) is 7.53. The first-order valence-corrected chi connectivity index (χ1v) is 23.2. The molecule has 6 aromatic rings. The molecule has 10 rings (SSSR count). The van der Waals surface area contributed by atoms with E-state index in [0.717, 1.165) is 119 Å². The number of ether oxygens (including phenoxy) is 2. The van der Waals surface area contributed by atoms with E-state index in [1.165, 1.54) is 9.36 Å². The lowest BCUT2D eigenvalue weighted by Gasteiger charge is -2.27. The fourth-order valence-electron chi connectivity index (χ4n) is 9.78. The molecule has 0 bridgehead atoms. The minimum absolute atomic E-state index is 0.0364. The Hall–Kier alpha value is -7.10. The number of carbonyl (C=O) groups excluding carboxylic acids is 4. The predicted octanol–water partition coefficient (Wildman–Crippen LogP) is 7.62. The van der Waals surface area contributed by atoms with Gasteiger partial charge >= 0.3 is 12.2 Å². The number of carbonyl (C=O) groups is 4. The first-order chi connectivity index (χ1) is 32.1. The van der Waals surface area contributed by atoms with Crippen LogP contribution in [0.4, 0.5) is 21.2 Å². The topological polar surface area (TPSA) is 212 Å². The molecule has 4 aliphatic rings. The third-order valence-corrected chi connectivity index (χ3v) is 13.4. The van der Waals surface area contributed by atoms with Crippen molar-refractivity contribution in [2.45, 2.75) is 116 Å². The summed E-state index contributed by atoms with van der Waals surface area (Å²) in [7, 11) is 0. The third-order valence-electron chi connectivity index (χ3n) is 13.4. The molecule has 2 unspecified atom stereocenters. The number of aromatic amines is 2. The molecule has 4 aromatic heterocycles. The number of H-pyrrole nitrogens is 2. The van der Waals surface area contributed by atoms with E-state index in [-0.39, 0.29) is 49.1 Å². The van der Waals surface area contributed by atoms with Crippen molar-refractivity contribution in [3.63, 3.8) is 0 Å². The van der Waals surface area contributed by atoms with Gasteiger partial charge in [-0.2, -0.15) is 9.78 Å². The molecular formula is C50H58N10O6. The zero-order valence-corrected chi connectivity index (χ0v) is 37.7. The quantitative estimate of drug-likeness (QED) is 0.117. The van der Waals surface area contributed by atoms with Gasteiger partial charge in [0, 0.05) is 59.8 Å². The van der Waals surface area contributed by atoms with Crippen molar-refractivity contribution in [2.75, 3.05) is 24.6 Å². The molecule has 16 heteroatoms. The lowest BCUT2D eigenvalue weighted by Crippen LogP contribution is -2.37.